The van der Waals surface area contributed by atoms with Crippen LogP contribution in [0.1, 0.15) is 22.3 Å². The van der Waals surface area contributed by atoms with Crippen molar-refractivity contribution in [3.05, 3.63) is 52.6 Å². The number of carbonyl (C=O) groups excluding carboxylic acids is 1. The van der Waals surface area contributed by atoms with Crippen LogP contribution in [0, 0.1) is 20.8 Å². The van der Waals surface area contributed by atoms with Crippen LogP contribution in [0.2, 0.25) is 0 Å². The van der Waals surface area contributed by atoms with Crippen LogP contribution >= 0.6 is 0 Å². The number of likely N-dealkylation sites (N-methyl/N-ethyl adjacent to an activating group) is 1. The van der Waals surface area contributed by atoms with Gasteiger partial charge in [0.2, 0.25) is 15.9 Å². The van der Waals surface area contributed by atoms with Gasteiger partial charge in [0, 0.05) is 13.6 Å². The lowest BCUT2D eigenvalue weighted by molar-refractivity contribution is -0.121. The van der Waals surface area contributed by atoms with E-state index in [4.69, 9.17) is 9.47 Å². The highest BCUT2D eigenvalue weighted by Gasteiger charge is 2.26. The summed E-state index contributed by atoms with van der Waals surface area (Å²) in [7, 11) is 0.713. The molecule has 8 heteroatoms. The Balaban J connectivity index is 2.07. The van der Waals surface area contributed by atoms with Gasteiger partial charge >= 0.3 is 0 Å². The minimum atomic E-state index is -3.78. The molecular weight excluding hydrogens is 392 g/mol. The average Bonchev–Trinajstić information content (AvgIpc) is 2.64. The molecule has 0 aliphatic heterocycles. The summed E-state index contributed by atoms with van der Waals surface area (Å²) in [5, 5.41) is 2.74. The highest BCUT2D eigenvalue weighted by atomic mass is 32.2. The van der Waals surface area contributed by atoms with Crippen LogP contribution in [0.5, 0.6) is 11.5 Å². The summed E-state index contributed by atoms with van der Waals surface area (Å²) in [5.74, 6) is 0.759. The molecule has 0 aliphatic carbocycles. The number of carbonyl (C=O) groups is 1. The fraction of sp³-hybridized carbons (Fsp3) is 0.381. The van der Waals surface area contributed by atoms with Gasteiger partial charge in [-0.3, -0.25) is 4.79 Å². The van der Waals surface area contributed by atoms with Gasteiger partial charge in [0.1, 0.15) is 0 Å². The first-order valence-electron chi connectivity index (χ1n) is 9.12. The van der Waals surface area contributed by atoms with E-state index in [1.807, 2.05) is 19.1 Å². The number of nitrogens with zero attached hydrogens (tertiary/aromatic N) is 1. The molecule has 2 aromatic carbocycles. The number of aryl methyl sites for hydroxylation is 3. The molecule has 2 aromatic rings. The summed E-state index contributed by atoms with van der Waals surface area (Å²) in [5.41, 5.74) is 3.14. The standard InChI is InChI=1S/C21H28N2O5S/c1-14-9-15(2)21(16(3)10-14)29(25,26)23(4)13-20(24)22-12-17-7-8-18(27-5)19(11-17)28-6/h7-11H,12-13H2,1-6H3,(H,22,24). The Bertz CT molecular complexity index is 979. The Kier molecular flexibility index (Phi) is 7.26. The highest BCUT2D eigenvalue weighted by Crippen LogP contribution is 2.27. The number of rotatable bonds is 8. The molecule has 2 rings (SSSR count). The van der Waals surface area contributed by atoms with Crippen molar-refractivity contribution < 1.29 is 22.7 Å². The molecule has 0 heterocycles. The molecule has 0 aromatic heterocycles. The van der Waals surface area contributed by atoms with Crippen molar-refractivity contribution in [2.45, 2.75) is 32.2 Å². The van der Waals surface area contributed by atoms with Crippen LogP contribution in [0.15, 0.2) is 35.2 Å². The molecular formula is C21H28N2O5S. The van der Waals surface area contributed by atoms with E-state index in [2.05, 4.69) is 5.32 Å². The molecule has 1 amide bonds. The molecule has 7 nitrogen and oxygen atoms in total. The van der Waals surface area contributed by atoms with E-state index in [1.165, 1.54) is 14.2 Å². The second kappa shape index (κ2) is 9.28. The smallest absolute Gasteiger partial charge is 0.243 e. The van der Waals surface area contributed by atoms with Crippen LogP contribution in [0.25, 0.3) is 0 Å². The Morgan fingerprint density at radius 3 is 2.14 bits per heavy atom. The third-order valence-electron chi connectivity index (χ3n) is 4.58. The molecule has 0 bridgehead atoms. The second-order valence-electron chi connectivity index (χ2n) is 6.95. The number of sulfonamides is 1. The molecule has 1 N–H and O–H groups in total. The van der Waals surface area contributed by atoms with Gasteiger partial charge in [-0.05, 0) is 49.6 Å². The third kappa shape index (κ3) is 5.27. The van der Waals surface area contributed by atoms with Crippen molar-refractivity contribution in [2.75, 3.05) is 27.8 Å². The van der Waals surface area contributed by atoms with Crippen molar-refractivity contribution in [1.82, 2.24) is 9.62 Å². The number of hydrogen-bond acceptors (Lipinski definition) is 5. The van der Waals surface area contributed by atoms with E-state index in [0.717, 1.165) is 15.4 Å². The van der Waals surface area contributed by atoms with Crippen LogP contribution in [-0.2, 0) is 21.4 Å². The minimum Gasteiger partial charge on any atom is -0.493 e. The lowest BCUT2D eigenvalue weighted by Crippen LogP contribution is -2.38. The fourth-order valence-electron chi connectivity index (χ4n) is 3.26. The van der Waals surface area contributed by atoms with E-state index >= 15 is 0 Å². The molecule has 0 saturated carbocycles. The first-order valence-corrected chi connectivity index (χ1v) is 10.6. The molecule has 0 aliphatic rings. The Labute approximate surface area is 172 Å². The number of ether oxygens (including phenoxy) is 2. The zero-order chi connectivity index (χ0) is 21.8. The van der Waals surface area contributed by atoms with Crippen LogP contribution in [0.4, 0.5) is 0 Å². The summed E-state index contributed by atoms with van der Waals surface area (Å²) in [6, 6.07) is 8.97. The van der Waals surface area contributed by atoms with Gasteiger partial charge < -0.3 is 14.8 Å². The third-order valence-corrected chi connectivity index (χ3v) is 6.69. The monoisotopic (exact) mass is 420 g/mol. The van der Waals surface area contributed by atoms with E-state index in [-0.39, 0.29) is 18.0 Å². The normalized spacial score (nSPS) is 11.4. The highest BCUT2D eigenvalue weighted by molar-refractivity contribution is 7.89. The van der Waals surface area contributed by atoms with E-state index < -0.39 is 15.9 Å². The average molecular weight is 421 g/mol. The summed E-state index contributed by atoms with van der Waals surface area (Å²) < 4.78 is 37.4. The molecule has 0 fully saturated rings. The molecule has 29 heavy (non-hydrogen) atoms. The molecule has 0 saturated heterocycles. The molecule has 0 spiro atoms. The van der Waals surface area contributed by atoms with Crippen LogP contribution in [-0.4, -0.2) is 46.4 Å². The van der Waals surface area contributed by atoms with Gasteiger partial charge in [-0.25, -0.2) is 8.42 Å². The fourth-order valence-corrected chi connectivity index (χ4v) is 4.79. The molecule has 0 radical (unpaired) electrons. The van der Waals surface area contributed by atoms with Gasteiger partial charge in [-0.2, -0.15) is 4.31 Å². The minimum absolute atomic E-state index is 0.246. The number of methoxy groups -OCH3 is 2. The van der Waals surface area contributed by atoms with Crippen molar-refractivity contribution in [3.8, 4) is 11.5 Å². The Morgan fingerprint density at radius 2 is 1.59 bits per heavy atom. The van der Waals surface area contributed by atoms with Gasteiger partial charge in [-0.1, -0.05) is 23.8 Å². The lowest BCUT2D eigenvalue weighted by Gasteiger charge is -2.20. The predicted molar refractivity (Wildman–Crippen MR) is 112 cm³/mol. The Hall–Kier alpha value is -2.58. The van der Waals surface area contributed by atoms with Gasteiger partial charge in [0.05, 0.1) is 25.7 Å². The summed E-state index contributed by atoms with van der Waals surface area (Å²) >= 11 is 0. The van der Waals surface area contributed by atoms with Crippen LogP contribution in [0.3, 0.4) is 0 Å². The zero-order valence-electron chi connectivity index (χ0n) is 17.7. The first-order chi connectivity index (χ1) is 13.6. The number of nitrogens with one attached hydrogen (secondary N) is 1. The summed E-state index contributed by atoms with van der Waals surface area (Å²) in [6.45, 7) is 5.41. The summed E-state index contributed by atoms with van der Waals surface area (Å²) in [6.07, 6.45) is 0. The van der Waals surface area contributed by atoms with Gasteiger partial charge in [0.25, 0.3) is 0 Å². The van der Waals surface area contributed by atoms with Gasteiger partial charge in [0.15, 0.2) is 11.5 Å². The van der Waals surface area contributed by atoms with E-state index in [1.54, 1.807) is 39.2 Å². The van der Waals surface area contributed by atoms with Crippen LogP contribution < -0.4 is 14.8 Å². The maximum atomic E-state index is 13.0. The second-order valence-corrected chi connectivity index (χ2v) is 8.94. The quantitative estimate of drug-likeness (QED) is 0.710. The van der Waals surface area contributed by atoms with E-state index in [0.29, 0.717) is 22.6 Å². The van der Waals surface area contributed by atoms with Crippen molar-refractivity contribution in [3.63, 3.8) is 0 Å². The molecule has 0 atom stereocenters. The number of benzene rings is 2. The SMILES string of the molecule is COc1ccc(CNC(=O)CN(C)S(=O)(=O)c2c(C)cc(C)cc2C)cc1OC. The largest absolute Gasteiger partial charge is 0.493 e. The van der Waals surface area contributed by atoms with Crippen molar-refractivity contribution in [2.24, 2.45) is 0 Å². The zero-order valence-corrected chi connectivity index (χ0v) is 18.5. The summed E-state index contributed by atoms with van der Waals surface area (Å²) in [4.78, 5) is 12.6. The molecule has 158 valence electrons. The number of hydrogen-bond donors (Lipinski definition) is 1. The van der Waals surface area contributed by atoms with Crippen molar-refractivity contribution >= 4 is 15.9 Å². The number of amides is 1. The lowest BCUT2D eigenvalue weighted by atomic mass is 10.1. The maximum absolute atomic E-state index is 13.0. The Morgan fingerprint density at radius 1 is 1.00 bits per heavy atom. The van der Waals surface area contributed by atoms with Crippen molar-refractivity contribution in [1.29, 1.82) is 0 Å². The predicted octanol–water partition coefficient (Wildman–Crippen LogP) is 2.57. The van der Waals surface area contributed by atoms with E-state index in [9.17, 15) is 13.2 Å². The van der Waals surface area contributed by atoms with Gasteiger partial charge in [-0.15, -0.1) is 0 Å². The first kappa shape index (κ1) is 22.7. The topological polar surface area (TPSA) is 84.9 Å². The molecule has 0 unspecified atom stereocenters. The maximum Gasteiger partial charge on any atom is 0.243 e.